The molecule has 0 unspecified atom stereocenters. The SMILES string of the molecule is COc1cc(OC)cc(C(=O)NCCc2sc(-c3ccccc3)nc2C)c1. The minimum absolute atomic E-state index is 0.155. The van der Waals surface area contributed by atoms with Crippen molar-refractivity contribution in [2.45, 2.75) is 13.3 Å². The van der Waals surface area contributed by atoms with Crippen molar-refractivity contribution >= 4 is 17.2 Å². The lowest BCUT2D eigenvalue weighted by molar-refractivity contribution is 0.0953. The van der Waals surface area contributed by atoms with Crippen LogP contribution in [0.3, 0.4) is 0 Å². The summed E-state index contributed by atoms with van der Waals surface area (Å²) in [6, 6.07) is 15.3. The second-order valence-corrected chi connectivity index (χ2v) is 7.08. The van der Waals surface area contributed by atoms with Gasteiger partial charge in [-0.05, 0) is 19.1 Å². The fourth-order valence-electron chi connectivity index (χ4n) is 2.69. The van der Waals surface area contributed by atoms with Crippen LogP contribution in [-0.4, -0.2) is 31.7 Å². The molecule has 0 bridgehead atoms. The highest BCUT2D eigenvalue weighted by molar-refractivity contribution is 7.15. The van der Waals surface area contributed by atoms with Gasteiger partial charge >= 0.3 is 0 Å². The smallest absolute Gasteiger partial charge is 0.251 e. The van der Waals surface area contributed by atoms with Gasteiger partial charge in [-0.1, -0.05) is 30.3 Å². The van der Waals surface area contributed by atoms with E-state index in [1.165, 1.54) is 4.88 Å². The molecule has 0 aliphatic carbocycles. The van der Waals surface area contributed by atoms with Gasteiger partial charge in [-0.2, -0.15) is 0 Å². The van der Waals surface area contributed by atoms with E-state index in [9.17, 15) is 4.79 Å². The topological polar surface area (TPSA) is 60.5 Å². The number of hydrogen-bond donors (Lipinski definition) is 1. The molecular weight excluding hydrogens is 360 g/mol. The van der Waals surface area contributed by atoms with E-state index in [2.05, 4.69) is 22.4 Å². The van der Waals surface area contributed by atoms with Crippen LogP contribution in [0.4, 0.5) is 0 Å². The van der Waals surface area contributed by atoms with Crippen molar-refractivity contribution < 1.29 is 14.3 Å². The van der Waals surface area contributed by atoms with Crippen LogP contribution >= 0.6 is 11.3 Å². The molecule has 0 saturated carbocycles. The van der Waals surface area contributed by atoms with Gasteiger partial charge in [-0.15, -0.1) is 11.3 Å². The molecule has 3 aromatic rings. The van der Waals surface area contributed by atoms with E-state index >= 15 is 0 Å². The van der Waals surface area contributed by atoms with Crippen LogP contribution in [0.2, 0.25) is 0 Å². The van der Waals surface area contributed by atoms with Gasteiger partial charge in [-0.3, -0.25) is 4.79 Å². The van der Waals surface area contributed by atoms with E-state index in [0.29, 0.717) is 23.6 Å². The normalized spacial score (nSPS) is 10.5. The molecule has 27 heavy (non-hydrogen) atoms. The summed E-state index contributed by atoms with van der Waals surface area (Å²) >= 11 is 1.67. The zero-order valence-corrected chi connectivity index (χ0v) is 16.4. The molecule has 140 valence electrons. The third kappa shape index (κ3) is 4.65. The largest absolute Gasteiger partial charge is 0.497 e. The number of aromatic nitrogens is 1. The number of nitrogens with zero attached hydrogens (tertiary/aromatic N) is 1. The molecule has 1 heterocycles. The molecular formula is C21H22N2O3S. The fourth-order valence-corrected chi connectivity index (χ4v) is 3.76. The van der Waals surface area contributed by atoms with Gasteiger partial charge < -0.3 is 14.8 Å². The van der Waals surface area contributed by atoms with Gasteiger partial charge in [0.25, 0.3) is 5.91 Å². The Labute approximate surface area is 163 Å². The number of nitrogens with one attached hydrogen (secondary N) is 1. The zero-order valence-electron chi connectivity index (χ0n) is 15.6. The number of methoxy groups -OCH3 is 2. The Morgan fingerprint density at radius 2 is 1.74 bits per heavy atom. The van der Waals surface area contributed by atoms with E-state index in [-0.39, 0.29) is 5.91 Å². The van der Waals surface area contributed by atoms with Gasteiger partial charge in [0.1, 0.15) is 16.5 Å². The Bertz CT molecular complexity index is 900. The molecule has 1 aromatic heterocycles. The summed E-state index contributed by atoms with van der Waals surface area (Å²) in [7, 11) is 3.13. The maximum Gasteiger partial charge on any atom is 0.251 e. The average molecular weight is 382 g/mol. The molecule has 0 aliphatic rings. The third-order valence-corrected chi connectivity index (χ3v) is 5.43. The maximum absolute atomic E-state index is 12.4. The number of benzene rings is 2. The number of ether oxygens (including phenoxy) is 2. The molecule has 0 aliphatic heterocycles. The Kier molecular flexibility index (Phi) is 6.08. The van der Waals surface area contributed by atoms with E-state index in [1.807, 2.05) is 25.1 Å². The van der Waals surface area contributed by atoms with Gasteiger partial charge in [0.15, 0.2) is 0 Å². The molecule has 0 fully saturated rings. The first-order chi connectivity index (χ1) is 13.1. The van der Waals surface area contributed by atoms with Crippen molar-refractivity contribution in [1.29, 1.82) is 0 Å². The van der Waals surface area contributed by atoms with Crippen molar-refractivity contribution in [3.8, 4) is 22.1 Å². The zero-order chi connectivity index (χ0) is 19.2. The van der Waals surface area contributed by atoms with Crippen molar-refractivity contribution in [1.82, 2.24) is 10.3 Å². The van der Waals surface area contributed by atoms with Crippen LogP contribution < -0.4 is 14.8 Å². The second-order valence-electron chi connectivity index (χ2n) is 6.00. The molecule has 0 radical (unpaired) electrons. The number of hydrogen-bond acceptors (Lipinski definition) is 5. The molecule has 2 aromatic carbocycles. The molecule has 1 amide bonds. The first-order valence-corrected chi connectivity index (χ1v) is 9.45. The molecule has 0 spiro atoms. The number of carbonyl (C=O) groups is 1. The molecule has 3 rings (SSSR count). The Hall–Kier alpha value is -2.86. The van der Waals surface area contributed by atoms with Crippen molar-refractivity contribution in [2.24, 2.45) is 0 Å². The average Bonchev–Trinajstić information content (AvgIpc) is 3.08. The summed E-state index contributed by atoms with van der Waals surface area (Å²) in [6.07, 6.45) is 0.739. The number of carbonyl (C=O) groups excluding carboxylic acids is 1. The summed E-state index contributed by atoms with van der Waals surface area (Å²) < 4.78 is 10.4. The van der Waals surface area contributed by atoms with Crippen LogP contribution in [0, 0.1) is 6.92 Å². The predicted octanol–water partition coefficient (Wildman–Crippen LogP) is 4.11. The molecule has 0 saturated heterocycles. The van der Waals surface area contributed by atoms with Gasteiger partial charge in [0.05, 0.1) is 19.9 Å². The third-order valence-electron chi connectivity index (χ3n) is 4.16. The van der Waals surface area contributed by atoms with Crippen LogP contribution in [0.25, 0.3) is 10.6 Å². The molecule has 0 atom stereocenters. The number of aryl methyl sites for hydroxylation is 1. The Balaban J connectivity index is 1.63. The van der Waals surface area contributed by atoms with Crippen LogP contribution in [0.15, 0.2) is 48.5 Å². The highest BCUT2D eigenvalue weighted by Gasteiger charge is 2.12. The number of amides is 1. The first kappa shape index (κ1) is 18.9. The highest BCUT2D eigenvalue weighted by Crippen LogP contribution is 2.28. The van der Waals surface area contributed by atoms with Gasteiger partial charge in [-0.25, -0.2) is 4.98 Å². The summed E-state index contributed by atoms with van der Waals surface area (Å²) in [5.74, 6) is 1.02. The number of thiazole rings is 1. The van der Waals surface area contributed by atoms with E-state index in [1.54, 1.807) is 43.8 Å². The summed E-state index contributed by atoms with van der Waals surface area (Å²) in [6.45, 7) is 2.54. The van der Waals surface area contributed by atoms with Crippen LogP contribution in [-0.2, 0) is 6.42 Å². The summed E-state index contributed by atoms with van der Waals surface area (Å²) in [5, 5.41) is 3.96. The van der Waals surface area contributed by atoms with Crippen molar-refractivity contribution in [2.75, 3.05) is 20.8 Å². The maximum atomic E-state index is 12.4. The second kappa shape index (κ2) is 8.68. The Morgan fingerprint density at radius 1 is 1.07 bits per heavy atom. The van der Waals surface area contributed by atoms with E-state index < -0.39 is 0 Å². The molecule has 6 heteroatoms. The van der Waals surface area contributed by atoms with E-state index in [4.69, 9.17) is 9.47 Å². The highest BCUT2D eigenvalue weighted by atomic mass is 32.1. The minimum atomic E-state index is -0.155. The van der Waals surface area contributed by atoms with E-state index in [0.717, 1.165) is 22.7 Å². The van der Waals surface area contributed by atoms with Crippen LogP contribution in [0.5, 0.6) is 11.5 Å². The predicted molar refractivity (Wildman–Crippen MR) is 108 cm³/mol. The lowest BCUT2D eigenvalue weighted by Crippen LogP contribution is -2.25. The van der Waals surface area contributed by atoms with Gasteiger partial charge in [0, 0.05) is 35.0 Å². The van der Waals surface area contributed by atoms with Gasteiger partial charge in [0.2, 0.25) is 0 Å². The van der Waals surface area contributed by atoms with Crippen LogP contribution in [0.1, 0.15) is 20.9 Å². The van der Waals surface area contributed by atoms with Crippen molar-refractivity contribution in [3.63, 3.8) is 0 Å². The first-order valence-electron chi connectivity index (χ1n) is 8.63. The lowest BCUT2D eigenvalue weighted by Gasteiger charge is -2.09. The Morgan fingerprint density at radius 3 is 2.37 bits per heavy atom. The summed E-state index contributed by atoms with van der Waals surface area (Å²) in [4.78, 5) is 18.3. The molecule has 5 nitrogen and oxygen atoms in total. The standard InChI is InChI=1S/C21H22N2O3S/c1-14-19(27-21(23-14)15-7-5-4-6-8-15)9-10-22-20(24)16-11-17(25-2)13-18(12-16)26-3/h4-8,11-13H,9-10H2,1-3H3,(H,22,24). The monoisotopic (exact) mass is 382 g/mol. The molecule has 1 N–H and O–H groups in total. The minimum Gasteiger partial charge on any atom is -0.497 e. The number of rotatable bonds is 7. The van der Waals surface area contributed by atoms with Crippen molar-refractivity contribution in [3.05, 3.63) is 64.7 Å². The quantitative estimate of drug-likeness (QED) is 0.668. The summed E-state index contributed by atoms with van der Waals surface area (Å²) in [5.41, 5.74) is 2.64. The lowest BCUT2D eigenvalue weighted by atomic mass is 10.2. The fraction of sp³-hybridized carbons (Fsp3) is 0.238.